The topological polar surface area (TPSA) is 80.9 Å². The first-order chi connectivity index (χ1) is 9.93. The van der Waals surface area contributed by atoms with Crippen LogP contribution in [0.4, 0.5) is 0 Å². The molecule has 0 fully saturated rings. The minimum absolute atomic E-state index is 0. The standard InChI is InChI=1S/C16H22N4O.2ClH/c1-11(2)8-16(3,10-17)20-15(21)14-9-18-12-6-4-5-7-13(12)19-14;;/h4-7,9,11H,8,10,17H2,1-3H3,(H,20,21);2*1H. The molecule has 7 heteroatoms. The number of fused-ring (bicyclic) bond motifs is 1. The second-order valence-electron chi connectivity index (χ2n) is 6.06. The minimum Gasteiger partial charge on any atom is -0.344 e. The molecule has 3 N–H and O–H groups in total. The summed E-state index contributed by atoms with van der Waals surface area (Å²) in [6, 6.07) is 7.48. The van der Waals surface area contributed by atoms with Crippen LogP contribution in [0.1, 0.15) is 37.7 Å². The minimum atomic E-state index is -0.432. The first-order valence-electron chi connectivity index (χ1n) is 7.18. The average Bonchev–Trinajstić information content (AvgIpc) is 2.45. The van der Waals surface area contributed by atoms with E-state index in [1.807, 2.05) is 31.2 Å². The van der Waals surface area contributed by atoms with Crippen LogP contribution in [0.5, 0.6) is 0 Å². The Balaban J connectivity index is 0.00000242. The number of hydrogen-bond acceptors (Lipinski definition) is 4. The highest BCUT2D eigenvalue weighted by Gasteiger charge is 2.27. The molecule has 0 aliphatic heterocycles. The molecule has 5 nitrogen and oxygen atoms in total. The summed E-state index contributed by atoms with van der Waals surface area (Å²) < 4.78 is 0. The van der Waals surface area contributed by atoms with E-state index in [-0.39, 0.29) is 30.7 Å². The lowest BCUT2D eigenvalue weighted by atomic mass is 9.90. The Morgan fingerprint density at radius 3 is 2.43 bits per heavy atom. The van der Waals surface area contributed by atoms with E-state index < -0.39 is 5.54 Å². The molecule has 2 aromatic rings. The molecule has 1 aromatic heterocycles. The highest BCUT2D eigenvalue weighted by Crippen LogP contribution is 2.16. The summed E-state index contributed by atoms with van der Waals surface area (Å²) >= 11 is 0. The van der Waals surface area contributed by atoms with Crippen LogP contribution in [0.3, 0.4) is 0 Å². The van der Waals surface area contributed by atoms with Crippen molar-refractivity contribution in [1.82, 2.24) is 15.3 Å². The second kappa shape index (κ2) is 9.01. The normalized spacial score (nSPS) is 12.9. The van der Waals surface area contributed by atoms with Gasteiger partial charge in [0.15, 0.2) is 0 Å². The van der Waals surface area contributed by atoms with Gasteiger partial charge in [-0.05, 0) is 31.4 Å². The number of nitrogens with two attached hydrogens (primary N) is 1. The Hall–Kier alpha value is -1.43. The molecule has 1 unspecified atom stereocenters. The van der Waals surface area contributed by atoms with Gasteiger partial charge in [0.2, 0.25) is 0 Å². The number of nitrogens with one attached hydrogen (secondary N) is 1. The molecular formula is C16H24Cl2N4O. The second-order valence-corrected chi connectivity index (χ2v) is 6.06. The first-order valence-corrected chi connectivity index (χ1v) is 7.18. The maximum Gasteiger partial charge on any atom is 0.271 e. The van der Waals surface area contributed by atoms with E-state index in [0.29, 0.717) is 23.7 Å². The van der Waals surface area contributed by atoms with Crippen molar-refractivity contribution in [2.24, 2.45) is 11.7 Å². The van der Waals surface area contributed by atoms with Crippen LogP contribution in [0.2, 0.25) is 0 Å². The van der Waals surface area contributed by atoms with Crippen molar-refractivity contribution in [2.45, 2.75) is 32.7 Å². The first kappa shape index (κ1) is 21.6. The molecule has 1 heterocycles. The third-order valence-electron chi connectivity index (χ3n) is 3.41. The fourth-order valence-electron chi connectivity index (χ4n) is 2.49. The molecule has 2 rings (SSSR count). The molecule has 0 radical (unpaired) electrons. The molecular weight excluding hydrogens is 335 g/mol. The van der Waals surface area contributed by atoms with Crippen LogP contribution in [0.15, 0.2) is 30.5 Å². The predicted octanol–water partition coefficient (Wildman–Crippen LogP) is 2.97. The molecule has 1 amide bonds. The highest BCUT2D eigenvalue weighted by atomic mass is 35.5. The number of benzene rings is 1. The summed E-state index contributed by atoms with van der Waals surface area (Å²) in [6.07, 6.45) is 2.32. The van der Waals surface area contributed by atoms with Gasteiger partial charge in [0, 0.05) is 6.54 Å². The summed E-state index contributed by atoms with van der Waals surface area (Å²) in [5.74, 6) is 0.211. The average molecular weight is 359 g/mol. The van der Waals surface area contributed by atoms with Gasteiger partial charge < -0.3 is 11.1 Å². The van der Waals surface area contributed by atoms with Gasteiger partial charge in [0.25, 0.3) is 5.91 Å². The van der Waals surface area contributed by atoms with Crippen molar-refractivity contribution in [3.05, 3.63) is 36.2 Å². The van der Waals surface area contributed by atoms with Crippen molar-refractivity contribution in [2.75, 3.05) is 6.54 Å². The van der Waals surface area contributed by atoms with E-state index in [0.717, 1.165) is 11.9 Å². The number of halogens is 2. The molecule has 1 aromatic carbocycles. The van der Waals surface area contributed by atoms with E-state index in [2.05, 4.69) is 29.1 Å². The molecule has 128 valence electrons. The Labute approximate surface area is 149 Å². The summed E-state index contributed by atoms with van der Waals surface area (Å²) in [4.78, 5) is 21.0. The quantitative estimate of drug-likeness (QED) is 0.860. The lowest BCUT2D eigenvalue weighted by Gasteiger charge is -2.31. The molecule has 0 saturated carbocycles. The van der Waals surface area contributed by atoms with Gasteiger partial charge in [-0.3, -0.25) is 9.78 Å². The van der Waals surface area contributed by atoms with E-state index in [9.17, 15) is 4.79 Å². The van der Waals surface area contributed by atoms with Crippen LogP contribution in [0.25, 0.3) is 11.0 Å². The number of nitrogens with zero attached hydrogens (tertiary/aromatic N) is 2. The van der Waals surface area contributed by atoms with Gasteiger partial charge in [-0.2, -0.15) is 0 Å². The fourth-order valence-corrected chi connectivity index (χ4v) is 2.49. The fraction of sp³-hybridized carbons (Fsp3) is 0.438. The maximum absolute atomic E-state index is 12.4. The third kappa shape index (κ3) is 5.61. The monoisotopic (exact) mass is 358 g/mol. The lowest BCUT2D eigenvalue weighted by Crippen LogP contribution is -2.52. The van der Waals surface area contributed by atoms with Crippen molar-refractivity contribution in [3.8, 4) is 0 Å². The van der Waals surface area contributed by atoms with E-state index in [1.165, 1.54) is 6.20 Å². The van der Waals surface area contributed by atoms with Crippen molar-refractivity contribution < 1.29 is 4.79 Å². The van der Waals surface area contributed by atoms with E-state index in [1.54, 1.807) is 0 Å². The summed E-state index contributed by atoms with van der Waals surface area (Å²) in [6.45, 7) is 6.56. The maximum atomic E-state index is 12.4. The summed E-state index contributed by atoms with van der Waals surface area (Å²) in [5.41, 5.74) is 7.19. The predicted molar refractivity (Wildman–Crippen MR) is 98.4 cm³/mol. The van der Waals surface area contributed by atoms with Gasteiger partial charge >= 0.3 is 0 Å². The number of carbonyl (C=O) groups excluding carboxylic acids is 1. The van der Waals surface area contributed by atoms with Gasteiger partial charge in [0.05, 0.1) is 22.8 Å². The number of aromatic nitrogens is 2. The molecule has 0 bridgehead atoms. The zero-order valence-electron chi connectivity index (χ0n) is 13.6. The zero-order valence-corrected chi connectivity index (χ0v) is 15.2. The number of para-hydroxylation sites is 2. The van der Waals surface area contributed by atoms with Crippen molar-refractivity contribution in [3.63, 3.8) is 0 Å². The molecule has 0 aliphatic carbocycles. The van der Waals surface area contributed by atoms with Crippen LogP contribution in [-0.4, -0.2) is 28.0 Å². The number of rotatable bonds is 5. The summed E-state index contributed by atoms with van der Waals surface area (Å²) in [5, 5.41) is 2.99. The summed E-state index contributed by atoms with van der Waals surface area (Å²) in [7, 11) is 0. The lowest BCUT2D eigenvalue weighted by molar-refractivity contribution is 0.0893. The number of hydrogen-bond donors (Lipinski definition) is 2. The Morgan fingerprint density at radius 2 is 1.87 bits per heavy atom. The smallest absolute Gasteiger partial charge is 0.271 e. The van der Waals surface area contributed by atoms with Crippen LogP contribution in [0, 0.1) is 5.92 Å². The Kier molecular flexibility index (Phi) is 8.45. The van der Waals surface area contributed by atoms with Gasteiger partial charge in [-0.15, -0.1) is 24.8 Å². The number of amides is 1. The molecule has 0 saturated heterocycles. The third-order valence-corrected chi connectivity index (χ3v) is 3.41. The molecule has 0 aliphatic rings. The van der Waals surface area contributed by atoms with Crippen LogP contribution >= 0.6 is 24.8 Å². The molecule has 23 heavy (non-hydrogen) atoms. The van der Waals surface area contributed by atoms with Crippen molar-refractivity contribution in [1.29, 1.82) is 0 Å². The van der Waals surface area contributed by atoms with Crippen LogP contribution in [-0.2, 0) is 0 Å². The zero-order chi connectivity index (χ0) is 15.5. The van der Waals surface area contributed by atoms with Gasteiger partial charge in [0.1, 0.15) is 5.69 Å². The Morgan fingerprint density at radius 1 is 1.26 bits per heavy atom. The largest absolute Gasteiger partial charge is 0.344 e. The molecule has 0 spiro atoms. The molecule has 1 atom stereocenters. The van der Waals surface area contributed by atoms with E-state index >= 15 is 0 Å². The Bertz CT molecular complexity index is 651. The van der Waals surface area contributed by atoms with E-state index in [4.69, 9.17) is 5.73 Å². The SMILES string of the molecule is CC(C)CC(C)(CN)NC(=O)c1cnc2ccccc2n1.Cl.Cl. The van der Waals surface area contributed by atoms with Gasteiger partial charge in [-0.1, -0.05) is 26.0 Å². The van der Waals surface area contributed by atoms with Crippen molar-refractivity contribution >= 4 is 41.8 Å². The van der Waals surface area contributed by atoms with Crippen LogP contribution < -0.4 is 11.1 Å². The highest BCUT2D eigenvalue weighted by molar-refractivity contribution is 5.94. The van der Waals surface area contributed by atoms with Gasteiger partial charge in [-0.25, -0.2) is 4.98 Å². The number of carbonyl (C=O) groups is 1.